The maximum absolute atomic E-state index is 15.0. The first-order chi connectivity index (χ1) is 16.8. The summed E-state index contributed by atoms with van der Waals surface area (Å²) in [5.74, 6) is -4.73. The van der Waals surface area contributed by atoms with E-state index in [1.807, 2.05) is 13.0 Å². The van der Waals surface area contributed by atoms with Gasteiger partial charge in [-0.25, -0.2) is 17.6 Å². The van der Waals surface area contributed by atoms with Crippen LogP contribution in [0.15, 0.2) is 48.5 Å². The van der Waals surface area contributed by atoms with E-state index in [-0.39, 0.29) is 35.0 Å². The largest absolute Gasteiger partial charge is 0.490 e. The van der Waals surface area contributed by atoms with Crippen molar-refractivity contribution in [2.45, 2.75) is 51.9 Å². The van der Waals surface area contributed by atoms with Crippen LogP contribution in [0.3, 0.4) is 0 Å². The summed E-state index contributed by atoms with van der Waals surface area (Å²) in [6.45, 7) is 3.77. The lowest BCUT2D eigenvalue weighted by Gasteiger charge is -2.23. The molecule has 0 bridgehead atoms. The Morgan fingerprint density at radius 1 is 0.857 bits per heavy atom. The van der Waals surface area contributed by atoms with E-state index in [1.165, 1.54) is 25.1 Å². The molecule has 1 unspecified atom stereocenters. The molecule has 0 heterocycles. The Hall–Kier alpha value is -3.15. The van der Waals surface area contributed by atoms with Crippen LogP contribution >= 0.6 is 0 Å². The normalized spacial score (nSPS) is 15.7. The molecule has 0 spiro atoms. The molecule has 3 aromatic rings. The fourth-order valence-corrected chi connectivity index (χ4v) is 4.47. The second-order valence-corrected chi connectivity index (χ2v) is 8.94. The Labute approximate surface area is 202 Å². The molecule has 184 valence electrons. The number of hydrogen-bond acceptors (Lipinski definition) is 1. The number of hydrogen-bond donors (Lipinski definition) is 0. The number of unbranched alkanes of at least 4 members (excludes halogenated alkanes) is 1. The van der Waals surface area contributed by atoms with Crippen molar-refractivity contribution in [2.75, 3.05) is 6.61 Å². The van der Waals surface area contributed by atoms with Gasteiger partial charge in [0, 0.05) is 11.1 Å². The Morgan fingerprint density at radius 3 is 2.31 bits per heavy atom. The average molecular weight is 487 g/mol. The molecular weight excluding hydrogens is 459 g/mol. The molecule has 35 heavy (non-hydrogen) atoms. The number of halogens is 5. The Kier molecular flexibility index (Phi) is 7.58. The number of aryl methyl sites for hydroxylation is 1. The Morgan fingerprint density at radius 2 is 1.63 bits per heavy atom. The molecule has 0 fully saturated rings. The van der Waals surface area contributed by atoms with E-state index >= 15 is 4.39 Å². The van der Waals surface area contributed by atoms with Gasteiger partial charge in [0.05, 0.1) is 6.61 Å². The van der Waals surface area contributed by atoms with Gasteiger partial charge < -0.3 is 4.74 Å². The zero-order chi connectivity index (χ0) is 25.1. The van der Waals surface area contributed by atoms with Crippen LogP contribution in [0, 0.1) is 36.0 Å². The quantitative estimate of drug-likeness (QED) is 0.239. The maximum atomic E-state index is 15.0. The summed E-state index contributed by atoms with van der Waals surface area (Å²) >= 11 is 0. The van der Waals surface area contributed by atoms with Crippen LogP contribution in [0.5, 0.6) is 5.75 Å². The predicted molar refractivity (Wildman–Crippen MR) is 128 cm³/mol. The van der Waals surface area contributed by atoms with Crippen molar-refractivity contribution < 1.29 is 26.7 Å². The van der Waals surface area contributed by atoms with Crippen molar-refractivity contribution in [3.63, 3.8) is 0 Å². The highest BCUT2D eigenvalue weighted by Gasteiger charge is 2.24. The smallest absolute Gasteiger partial charge is 0.201 e. The SMILES string of the molecule is CCCCOc1ccc(-c2ccc(C3=CCC(c4ccc(C)c(F)c4F)CC3)c(F)c2)c(F)c1F. The molecule has 1 atom stereocenters. The number of ether oxygens (including phenoxy) is 1. The van der Waals surface area contributed by atoms with E-state index in [0.29, 0.717) is 30.4 Å². The van der Waals surface area contributed by atoms with E-state index < -0.39 is 29.1 Å². The minimum atomic E-state index is -1.09. The second-order valence-electron chi connectivity index (χ2n) is 8.94. The first kappa shape index (κ1) is 25.0. The van der Waals surface area contributed by atoms with Crippen LogP contribution < -0.4 is 4.74 Å². The molecule has 0 amide bonds. The lowest BCUT2D eigenvalue weighted by atomic mass is 9.82. The zero-order valence-corrected chi connectivity index (χ0v) is 19.7. The fourth-order valence-electron chi connectivity index (χ4n) is 4.47. The van der Waals surface area contributed by atoms with Crippen LogP contribution in [0.2, 0.25) is 0 Å². The van der Waals surface area contributed by atoms with Gasteiger partial charge in [0.15, 0.2) is 23.2 Å². The zero-order valence-electron chi connectivity index (χ0n) is 19.7. The molecule has 0 saturated heterocycles. The van der Waals surface area contributed by atoms with E-state index in [1.54, 1.807) is 24.3 Å². The van der Waals surface area contributed by atoms with Crippen molar-refractivity contribution in [3.05, 3.63) is 94.3 Å². The van der Waals surface area contributed by atoms with Crippen LogP contribution in [0.4, 0.5) is 22.0 Å². The first-order valence-corrected chi connectivity index (χ1v) is 11.9. The van der Waals surface area contributed by atoms with Gasteiger partial charge in [0.1, 0.15) is 5.82 Å². The van der Waals surface area contributed by atoms with Crippen molar-refractivity contribution >= 4 is 5.57 Å². The minimum Gasteiger partial charge on any atom is -0.490 e. The Balaban J connectivity index is 1.53. The van der Waals surface area contributed by atoms with E-state index in [0.717, 1.165) is 18.4 Å². The predicted octanol–water partition coefficient (Wildman–Crippen LogP) is 8.89. The summed E-state index contributed by atoms with van der Waals surface area (Å²) in [7, 11) is 0. The van der Waals surface area contributed by atoms with Crippen LogP contribution in [-0.4, -0.2) is 6.61 Å². The van der Waals surface area contributed by atoms with Gasteiger partial charge in [-0.15, -0.1) is 0 Å². The highest BCUT2D eigenvalue weighted by molar-refractivity contribution is 5.72. The minimum absolute atomic E-state index is 0.0506. The first-order valence-electron chi connectivity index (χ1n) is 11.9. The molecule has 3 aromatic carbocycles. The van der Waals surface area contributed by atoms with Crippen LogP contribution in [0.1, 0.15) is 61.6 Å². The van der Waals surface area contributed by atoms with Crippen LogP contribution in [0.25, 0.3) is 16.7 Å². The maximum Gasteiger partial charge on any atom is 0.201 e. The molecule has 1 aliphatic carbocycles. The summed E-state index contributed by atoms with van der Waals surface area (Å²) in [5, 5.41) is 0. The second kappa shape index (κ2) is 10.6. The van der Waals surface area contributed by atoms with Gasteiger partial charge in [0.2, 0.25) is 5.82 Å². The van der Waals surface area contributed by atoms with Gasteiger partial charge in [-0.2, -0.15) is 4.39 Å². The summed E-state index contributed by atoms with van der Waals surface area (Å²) in [4.78, 5) is 0. The van der Waals surface area contributed by atoms with E-state index in [4.69, 9.17) is 4.74 Å². The Bertz CT molecular complexity index is 1260. The standard InChI is InChI=1S/C29H27F5O/c1-3-4-15-35-25-14-13-23(28(33)29(25)34)20-10-12-21(24(30)16-20)18-6-8-19(9-7-18)22-11-5-17(2)26(31)27(22)32/h5-6,10-14,16,19H,3-4,7-9,15H2,1-2H3. The summed E-state index contributed by atoms with van der Waals surface area (Å²) < 4.78 is 77.8. The van der Waals surface area contributed by atoms with Crippen molar-refractivity contribution in [1.29, 1.82) is 0 Å². The third-order valence-electron chi connectivity index (χ3n) is 6.58. The molecule has 0 aliphatic heterocycles. The van der Waals surface area contributed by atoms with Crippen molar-refractivity contribution in [1.82, 2.24) is 0 Å². The average Bonchev–Trinajstić information content (AvgIpc) is 2.86. The van der Waals surface area contributed by atoms with E-state index in [2.05, 4.69) is 0 Å². The molecule has 1 nitrogen and oxygen atoms in total. The third-order valence-corrected chi connectivity index (χ3v) is 6.58. The van der Waals surface area contributed by atoms with Gasteiger partial charge in [-0.05, 0) is 79.0 Å². The van der Waals surface area contributed by atoms with Crippen molar-refractivity contribution in [2.24, 2.45) is 0 Å². The third kappa shape index (κ3) is 5.12. The number of benzene rings is 3. The summed E-state index contributed by atoms with van der Waals surface area (Å²) in [6, 6.07) is 10.2. The van der Waals surface area contributed by atoms with Crippen LogP contribution in [-0.2, 0) is 0 Å². The molecule has 0 saturated carbocycles. The van der Waals surface area contributed by atoms with Gasteiger partial charge in [0.25, 0.3) is 0 Å². The van der Waals surface area contributed by atoms with Gasteiger partial charge in [-0.1, -0.05) is 43.7 Å². The molecule has 0 aromatic heterocycles. The lowest BCUT2D eigenvalue weighted by Crippen LogP contribution is -2.08. The van der Waals surface area contributed by atoms with Gasteiger partial charge in [-0.3, -0.25) is 0 Å². The summed E-state index contributed by atoms with van der Waals surface area (Å²) in [6.07, 6.45) is 4.92. The topological polar surface area (TPSA) is 9.23 Å². The number of rotatable bonds is 7. The molecule has 6 heteroatoms. The molecule has 0 N–H and O–H groups in total. The molecular formula is C29H27F5O. The highest BCUT2D eigenvalue weighted by atomic mass is 19.2. The number of allylic oxidation sites excluding steroid dienone is 2. The monoisotopic (exact) mass is 486 g/mol. The molecule has 4 rings (SSSR count). The van der Waals surface area contributed by atoms with Gasteiger partial charge >= 0.3 is 0 Å². The fraction of sp³-hybridized carbons (Fsp3) is 0.310. The lowest BCUT2D eigenvalue weighted by molar-refractivity contribution is 0.289. The highest BCUT2D eigenvalue weighted by Crippen LogP contribution is 2.39. The molecule has 0 radical (unpaired) electrons. The molecule has 1 aliphatic rings. The van der Waals surface area contributed by atoms with Crippen molar-refractivity contribution in [3.8, 4) is 16.9 Å². The summed E-state index contributed by atoms with van der Waals surface area (Å²) in [5.41, 5.74) is 1.88. The van der Waals surface area contributed by atoms with E-state index in [9.17, 15) is 17.6 Å².